The van der Waals surface area contributed by atoms with Crippen molar-refractivity contribution in [1.82, 2.24) is 19.1 Å². The van der Waals surface area contributed by atoms with Crippen LogP contribution < -0.4 is 11.2 Å². The minimum Gasteiger partial charge on any atom is -0.459 e. The molecule has 2 aromatic heterocycles. The summed E-state index contributed by atoms with van der Waals surface area (Å²) in [5, 5.41) is 20.4. The van der Waals surface area contributed by atoms with Crippen molar-refractivity contribution in [3.63, 3.8) is 0 Å². The minimum atomic E-state index is -3.02. The molecule has 1 fully saturated rings. The number of esters is 2. The average Bonchev–Trinajstić information content (AvgIpc) is 3.02. The molecule has 0 aromatic carbocycles. The van der Waals surface area contributed by atoms with Gasteiger partial charge in [-0.25, -0.2) is 23.5 Å². The molecular formula is C19H21FN4O9. The highest BCUT2D eigenvalue weighted by Crippen LogP contribution is 2.38. The van der Waals surface area contributed by atoms with E-state index in [4.69, 9.17) is 14.2 Å². The number of carbonyl (C=O) groups is 2. The van der Waals surface area contributed by atoms with Gasteiger partial charge in [-0.15, -0.1) is 0 Å². The maximum Gasteiger partial charge on any atom is 0.360 e. The Labute approximate surface area is 185 Å². The smallest absolute Gasteiger partial charge is 0.360 e. The first kappa shape index (κ1) is 24.2. The van der Waals surface area contributed by atoms with E-state index in [1.54, 1.807) is 0 Å². The Morgan fingerprint density at radius 2 is 2.00 bits per heavy atom. The Balaban J connectivity index is 1.80. The summed E-state index contributed by atoms with van der Waals surface area (Å²) in [6, 6.07) is 0.886. The molecule has 14 heteroatoms. The highest BCUT2D eigenvalue weighted by atomic mass is 19.2. The number of hydrogen-bond acceptors (Lipinski definition) is 11. The highest BCUT2D eigenvalue weighted by molar-refractivity contribution is 5.86. The first-order chi connectivity index (χ1) is 15.5. The van der Waals surface area contributed by atoms with E-state index in [-0.39, 0.29) is 5.69 Å². The van der Waals surface area contributed by atoms with Crippen molar-refractivity contribution in [1.29, 1.82) is 0 Å². The van der Waals surface area contributed by atoms with Gasteiger partial charge in [0, 0.05) is 24.7 Å². The summed E-state index contributed by atoms with van der Waals surface area (Å²) in [5.74, 6) is -5.33. The van der Waals surface area contributed by atoms with E-state index in [9.17, 15) is 29.4 Å². The molecule has 3 rings (SSSR count). The molecule has 13 nitrogen and oxygen atoms in total. The molecule has 0 bridgehead atoms. The first-order valence-electron chi connectivity index (χ1n) is 9.70. The van der Waals surface area contributed by atoms with Gasteiger partial charge in [-0.3, -0.25) is 19.1 Å². The van der Waals surface area contributed by atoms with Gasteiger partial charge in [-0.05, 0) is 0 Å². The molecule has 1 aliphatic heterocycles. The van der Waals surface area contributed by atoms with Crippen LogP contribution in [0.25, 0.3) is 0 Å². The van der Waals surface area contributed by atoms with Gasteiger partial charge in [-0.2, -0.15) is 0 Å². The number of nitrogens with zero attached hydrogens (tertiary/aromatic N) is 4. The number of rotatable bonds is 7. The quantitative estimate of drug-likeness (QED) is 0.464. The zero-order valence-electron chi connectivity index (χ0n) is 17.5. The second-order valence-corrected chi connectivity index (χ2v) is 7.42. The standard InChI is InChI=1S/C19H21FN4O9/c1-10(2)16(28)31-8-19(20)14(27)13(26)15(33-19)23-6-3-12(25)24(18(23)30)9-32-17(29)11-7-21-4-5-22-11/h3-7,10,13-15,26-27H,8-9H2,1-2H3/t13-,14+,15-,19-/m1/s1. The molecule has 2 aromatic rings. The van der Waals surface area contributed by atoms with Gasteiger partial charge in [0.2, 0.25) is 0 Å². The summed E-state index contributed by atoms with van der Waals surface area (Å²) in [4.78, 5) is 55.9. The molecule has 0 amide bonds. The van der Waals surface area contributed by atoms with Crippen LogP contribution in [0.5, 0.6) is 0 Å². The second-order valence-electron chi connectivity index (χ2n) is 7.42. The third-order valence-electron chi connectivity index (χ3n) is 4.72. The predicted octanol–water partition coefficient (Wildman–Crippen LogP) is -1.27. The van der Waals surface area contributed by atoms with E-state index < -0.39 is 66.7 Å². The van der Waals surface area contributed by atoms with Gasteiger partial charge < -0.3 is 24.4 Å². The molecule has 0 saturated carbocycles. The topological polar surface area (TPSA) is 172 Å². The summed E-state index contributed by atoms with van der Waals surface area (Å²) in [6.45, 7) is 1.16. The number of aromatic nitrogens is 4. The number of hydrogen-bond donors (Lipinski definition) is 2. The molecule has 178 valence electrons. The third kappa shape index (κ3) is 4.97. The molecule has 1 aliphatic rings. The lowest BCUT2D eigenvalue weighted by Crippen LogP contribution is -2.44. The monoisotopic (exact) mass is 468 g/mol. The fraction of sp³-hybridized carbons (Fsp3) is 0.474. The molecule has 33 heavy (non-hydrogen) atoms. The predicted molar refractivity (Wildman–Crippen MR) is 104 cm³/mol. The Hall–Kier alpha value is -3.49. The lowest BCUT2D eigenvalue weighted by molar-refractivity contribution is -0.218. The van der Waals surface area contributed by atoms with Crippen molar-refractivity contribution in [2.24, 2.45) is 5.92 Å². The van der Waals surface area contributed by atoms with Crippen molar-refractivity contribution in [2.75, 3.05) is 6.61 Å². The summed E-state index contributed by atoms with van der Waals surface area (Å²) in [5.41, 5.74) is -2.17. The average molecular weight is 468 g/mol. The van der Waals surface area contributed by atoms with Crippen molar-refractivity contribution >= 4 is 11.9 Å². The number of aliphatic hydroxyl groups excluding tert-OH is 2. The van der Waals surface area contributed by atoms with Crippen LogP contribution in [0.1, 0.15) is 30.6 Å². The van der Waals surface area contributed by atoms with E-state index in [2.05, 4.69) is 9.97 Å². The zero-order chi connectivity index (χ0) is 24.3. The van der Waals surface area contributed by atoms with Gasteiger partial charge in [0.25, 0.3) is 11.4 Å². The van der Waals surface area contributed by atoms with Crippen molar-refractivity contribution < 1.29 is 38.4 Å². The van der Waals surface area contributed by atoms with Crippen LogP contribution in [0.4, 0.5) is 4.39 Å². The lowest BCUT2D eigenvalue weighted by atomic mass is 10.1. The Kier molecular flexibility index (Phi) is 7.00. The largest absolute Gasteiger partial charge is 0.459 e. The van der Waals surface area contributed by atoms with Crippen molar-refractivity contribution in [2.45, 2.75) is 44.9 Å². The summed E-state index contributed by atoms with van der Waals surface area (Å²) < 4.78 is 30.9. The van der Waals surface area contributed by atoms with E-state index >= 15 is 4.39 Å². The van der Waals surface area contributed by atoms with Crippen LogP contribution in [0, 0.1) is 5.92 Å². The second kappa shape index (κ2) is 9.56. The zero-order valence-corrected chi connectivity index (χ0v) is 17.5. The first-order valence-corrected chi connectivity index (χ1v) is 9.70. The Morgan fingerprint density at radius 3 is 2.64 bits per heavy atom. The van der Waals surface area contributed by atoms with E-state index in [0.717, 1.165) is 18.5 Å². The maximum absolute atomic E-state index is 15.1. The highest BCUT2D eigenvalue weighted by Gasteiger charge is 2.57. The van der Waals surface area contributed by atoms with Crippen LogP contribution in [0.3, 0.4) is 0 Å². The number of carbonyl (C=O) groups excluding carboxylic acids is 2. The normalized spacial score (nSPS) is 24.6. The van der Waals surface area contributed by atoms with Gasteiger partial charge in [0.1, 0.15) is 12.2 Å². The number of aliphatic hydroxyl groups is 2. The SMILES string of the molecule is CC(C)C(=O)OC[C@@]1(F)O[C@@H](n2ccc(=O)n(COC(=O)c3cnccn3)c2=O)[C@H](O)[C@@H]1O. The van der Waals surface area contributed by atoms with E-state index in [1.165, 1.54) is 26.2 Å². The Morgan fingerprint density at radius 1 is 1.27 bits per heavy atom. The van der Waals surface area contributed by atoms with Crippen LogP contribution in [-0.2, 0) is 25.7 Å². The fourth-order valence-corrected chi connectivity index (χ4v) is 2.87. The fourth-order valence-electron chi connectivity index (χ4n) is 2.87. The molecule has 0 unspecified atom stereocenters. The molecule has 0 spiro atoms. The van der Waals surface area contributed by atoms with E-state index in [1.807, 2.05) is 0 Å². The molecule has 1 saturated heterocycles. The van der Waals surface area contributed by atoms with Gasteiger partial charge in [-0.1, -0.05) is 13.8 Å². The van der Waals surface area contributed by atoms with Crippen LogP contribution in [0.15, 0.2) is 40.4 Å². The van der Waals surface area contributed by atoms with Crippen molar-refractivity contribution in [3.8, 4) is 0 Å². The minimum absolute atomic E-state index is 0.169. The molecular weight excluding hydrogens is 447 g/mol. The lowest BCUT2D eigenvalue weighted by Gasteiger charge is -2.23. The van der Waals surface area contributed by atoms with Crippen LogP contribution >= 0.6 is 0 Å². The number of alkyl halides is 1. The molecule has 0 radical (unpaired) electrons. The van der Waals surface area contributed by atoms with Crippen LogP contribution in [0.2, 0.25) is 0 Å². The van der Waals surface area contributed by atoms with Gasteiger partial charge in [0.15, 0.2) is 25.3 Å². The molecule has 4 atom stereocenters. The number of ether oxygens (including phenoxy) is 3. The van der Waals surface area contributed by atoms with Crippen LogP contribution in [-0.4, -0.2) is 65.9 Å². The molecule has 2 N–H and O–H groups in total. The van der Waals surface area contributed by atoms with E-state index in [0.29, 0.717) is 9.13 Å². The molecule has 0 aliphatic carbocycles. The number of halogens is 1. The summed E-state index contributed by atoms with van der Waals surface area (Å²) in [6.07, 6.45) is -1.32. The third-order valence-corrected chi connectivity index (χ3v) is 4.72. The van der Waals surface area contributed by atoms with Gasteiger partial charge in [0.05, 0.1) is 12.1 Å². The van der Waals surface area contributed by atoms with Crippen molar-refractivity contribution in [3.05, 3.63) is 57.4 Å². The maximum atomic E-state index is 15.1. The summed E-state index contributed by atoms with van der Waals surface area (Å²) >= 11 is 0. The summed E-state index contributed by atoms with van der Waals surface area (Å²) in [7, 11) is 0. The molecule has 3 heterocycles. The Bertz CT molecular complexity index is 1140. The van der Waals surface area contributed by atoms with Gasteiger partial charge >= 0.3 is 17.6 Å².